The number of hydrogen-bond donors (Lipinski definition) is 2. The lowest BCUT2D eigenvalue weighted by molar-refractivity contribution is -0.120. The molecule has 2 aromatic rings. The molecule has 2 amide bonds. The lowest BCUT2D eigenvalue weighted by Crippen LogP contribution is -2.31. The van der Waals surface area contributed by atoms with Crippen LogP contribution in [-0.4, -0.2) is 31.4 Å². The van der Waals surface area contributed by atoms with Crippen molar-refractivity contribution >= 4 is 34.8 Å². The molecule has 3 rings (SSSR count). The molecule has 2 N–H and O–H groups in total. The van der Waals surface area contributed by atoms with Gasteiger partial charge in [0, 0.05) is 31.1 Å². The summed E-state index contributed by atoms with van der Waals surface area (Å²) in [6.07, 6.45) is 4.09. The van der Waals surface area contributed by atoms with Crippen molar-refractivity contribution in [3.8, 4) is 0 Å². The highest BCUT2D eigenvalue weighted by Gasteiger charge is 2.16. The van der Waals surface area contributed by atoms with Crippen LogP contribution in [0.4, 0.5) is 11.4 Å². The average molecular weight is 400 g/mol. The average Bonchev–Trinajstić information content (AvgIpc) is 2.69. The summed E-state index contributed by atoms with van der Waals surface area (Å²) in [5, 5.41) is 6.35. The van der Waals surface area contributed by atoms with Gasteiger partial charge in [0.1, 0.15) is 0 Å². The van der Waals surface area contributed by atoms with Crippen molar-refractivity contribution in [3.05, 3.63) is 59.1 Å². The number of carbonyl (C=O) groups excluding carboxylic acids is 2. The lowest BCUT2D eigenvalue weighted by Gasteiger charge is -2.30. The molecule has 1 saturated heterocycles. The van der Waals surface area contributed by atoms with Crippen LogP contribution in [0.3, 0.4) is 0 Å². The molecule has 0 radical (unpaired) electrons. The summed E-state index contributed by atoms with van der Waals surface area (Å²) >= 11 is 6.14. The Bertz CT molecular complexity index is 805. The summed E-state index contributed by atoms with van der Waals surface area (Å²) in [5.41, 5.74) is 2.69. The largest absolute Gasteiger partial charge is 0.370 e. The second-order valence-electron chi connectivity index (χ2n) is 7.02. The highest BCUT2D eigenvalue weighted by Crippen LogP contribution is 2.31. The number of rotatable bonds is 7. The SMILES string of the molecule is O=C(Cc1ccccc1)NCCC(=O)Nc1cc(Cl)ccc1N1CCCCC1. The van der Waals surface area contributed by atoms with Gasteiger partial charge in [-0.05, 0) is 43.0 Å². The Hall–Kier alpha value is -2.53. The molecule has 6 heteroatoms. The Kier molecular flexibility index (Phi) is 7.31. The zero-order valence-electron chi connectivity index (χ0n) is 15.9. The maximum absolute atomic E-state index is 12.4. The number of halogens is 1. The molecule has 148 valence electrons. The first-order valence-electron chi connectivity index (χ1n) is 9.77. The van der Waals surface area contributed by atoms with Crippen LogP contribution in [-0.2, 0) is 16.0 Å². The second kappa shape index (κ2) is 10.1. The summed E-state index contributed by atoms with van der Waals surface area (Å²) in [6, 6.07) is 15.1. The zero-order chi connectivity index (χ0) is 19.8. The fourth-order valence-electron chi connectivity index (χ4n) is 3.39. The van der Waals surface area contributed by atoms with Crippen molar-refractivity contribution in [2.24, 2.45) is 0 Å². The van der Waals surface area contributed by atoms with Crippen LogP contribution in [0.15, 0.2) is 48.5 Å². The van der Waals surface area contributed by atoms with Crippen molar-refractivity contribution in [2.45, 2.75) is 32.1 Å². The summed E-state index contributed by atoms with van der Waals surface area (Å²) in [4.78, 5) is 26.7. The van der Waals surface area contributed by atoms with E-state index in [1.165, 1.54) is 6.42 Å². The highest BCUT2D eigenvalue weighted by molar-refractivity contribution is 6.31. The molecule has 0 spiro atoms. The molecule has 1 aliphatic rings. The lowest BCUT2D eigenvalue weighted by atomic mass is 10.1. The maximum atomic E-state index is 12.4. The van der Waals surface area contributed by atoms with E-state index in [9.17, 15) is 9.59 Å². The second-order valence-corrected chi connectivity index (χ2v) is 7.46. The van der Waals surface area contributed by atoms with Gasteiger partial charge < -0.3 is 15.5 Å². The van der Waals surface area contributed by atoms with Gasteiger partial charge in [-0.25, -0.2) is 0 Å². The third kappa shape index (κ3) is 5.99. The third-order valence-electron chi connectivity index (χ3n) is 4.81. The number of nitrogens with zero attached hydrogens (tertiary/aromatic N) is 1. The molecule has 5 nitrogen and oxygen atoms in total. The molecular formula is C22H26ClN3O2. The number of anilines is 2. The van der Waals surface area contributed by atoms with Gasteiger partial charge in [0.15, 0.2) is 0 Å². The molecule has 0 aromatic heterocycles. The Morgan fingerprint density at radius 1 is 0.964 bits per heavy atom. The van der Waals surface area contributed by atoms with E-state index in [1.807, 2.05) is 42.5 Å². The fourth-order valence-corrected chi connectivity index (χ4v) is 3.56. The summed E-state index contributed by atoms with van der Waals surface area (Å²) in [6.45, 7) is 2.28. The summed E-state index contributed by atoms with van der Waals surface area (Å²) in [7, 11) is 0. The van der Waals surface area contributed by atoms with Gasteiger partial charge in [0.2, 0.25) is 11.8 Å². The van der Waals surface area contributed by atoms with E-state index in [1.54, 1.807) is 6.07 Å². The van der Waals surface area contributed by atoms with Crippen LogP contribution in [0.25, 0.3) is 0 Å². The number of carbonyl (C=O) groups is 2. The topological polar surface area (TPSA) is 61.4 Å². The maximum Gasteiger partial charge on any atom is 0.226 e. The predicted molar refractivity (Wildman–Crippen MR) is 114 cm³/mol. The van der Waals surface area contributed by atoms with Gasteiger partial charge in [-0.1, -0.05) is 41.9 Å². The smallest absolute Gasteiger partial charge is 0.226 e. The van der Waals surface area contributed by atoms with Gasteiger partial charge in [-0.2, -0.15) is 0 Å². The van der Waals surface area contributed by atoms with Crippen molar-refractivity contribution < 1.29 is 9.59 Å². The molecule has 0 saturated carbocycles. The first kappa shape index (κ1) is 20.2. The van der Waals surface area contributed by atoms with E-state index in [0.29, 0.717) is 18.0 Å². The molecule has 0 bridgehead atoms. The van der Waals surface area contributed by atoms with Crippen molar-refractivity contribution in [1.29, 1.82) is 0 Å². The number of nitrogens with one attached hydrogen (secondary N) is 2. The van der Waals surface area contributed by atoms with E-state index >= 15 is 0 Å². The predicted octanol–water partition coefficient (Wildman–Crippen LogP) is 4.02. The van der Waals surface area contributed by atoms with E-state index in [2.05, 4.69) is 15.5 Å². The van der Waals surface area contributed by atoms with Gasteiger partial charge in [-0.15, -0.1) is 0 Å². The minimum absolute atomic E-state index is 0.0873. The molecule has 0 aliphatic carbocycles. The minimum atomic E-state index is -0.138. The fraction of sp³-hybridized carbons (Fsp3) is 0.364. The molecule has 0 atom stereocenters. The van der Waals surface area contributed by atoms with Crippen molar-refractivity contribution in [3.63, 3.8) is 0 Å². The summed E-state index contributed by atoms with van der Waals surface area (Å²) < 4.78 is 0. The van der Waals surface area contributed by atoms with Gasteiger partial charge in [0.25, 0.3) is 0 Å². The summed E-state index contributed by atoms with van der Waals surface area (Å²) in [5.74, 6) is -0.226. The van der Waals surface area contributed by atoms with E-state index < -0.39 is 0 Å². The molecule has 1 fully saturated rings. The number of hydrogen-bond acceptors (Lipinski definition) is 3. The van der Waals surface area contributed by atoms with E-state index in [4.69, 9.17) is 11.6 Å². The Labute approximate surface area is 171 Å². The molecular weight excluding hydrogens is 374 g/mol. The monoisotopic (exact) mass is 399 g/mol. The molecule has 2 aromatic carbocycles. The van der Waals surface area contributed by atoms with Gasteiger partial charge >= 0.3 is 0 Å². The van der Waals surface area contributed by atoms with Crippen molar-refractivity contribution in [1.82, 2.24) is 5.32 Å². The number of benzene rings is 2. The van der Waals surface area contributed by atoms with Gasteiger partial charge in [0.05, 0.1) is 17.8 Å². The van der Waals surface area contributed by atoms with Crippen LogP contribution in [0.2, 0.25) is 5.02 Å². The van der Waals surface area contributed by atoms with Crippen LogP contribution in [0, 0.1) is 0 Å². The number of amides is 2. The first-order chi connectivity index (χ1) is 13.6. The quantitative estimate of drug-likeness (QED) is 0.739. The van der Waals surface area contributed by atoms with Crippen LogP contribution >= 0.6 is 11.6 Å². The van der Waals surface area contributed by atoms with E-state index in [0.717, 1.165) is 42.9 Å². The van der Waals surface area contributed by atoms with Crippen molar-refractivity contribution in [2.75, 3.05) is 29.9 Å². The Balaban J connectivity index is 1.50. The van der Waals surface area contributed by atoms with Crippen LogP contribution < -0.4 is 15.5 Å². The van der Waals surface area contributed by atoms with Crippen LogP contribution in [0.5, 0.6) is 0 Å². The Morgan fingerprint density at radius 2 is 1.71 bits per heavy atom. The molecule has 28 heavy (non-hydrogen) atoms. The van der Waals surface area contributed by atoms with E-state index in [-0.39, 0.29) is 18.2 Å². The normalized spacial score (nSPS) is 13.8. The minimum Gasteiger partial charge on any atom is -0.370 e. The molecule has 0 unspecified atom stereocenters. The standard InChI is InChI=1S/C22H26ClN3O2/c23-18-9-10-20(26-13-5-2-6-14-26)19(16-18)25-21(27)11-12-24-22(28)15-17-7-3-1-4-8-17/h1,3-4,7-10,16H,2,5-6,11-15H2,(H,24,28)(H,25,27). The zero-order valence-corrected chi connectivity index (χ0v) is 16.7. The first-order valence-corrected chi connectivity index (χ1v) is 10.1. The van der Waals surface area contributed by atoms with Gasteiger partial charge in [-0.3, -0.25) is 9.59 Å². The Morgan fingerprint density at radius 3 is 2.46 bits per heavy atom. The highest BCUT2D eigenvalue weighted by atomic mass is 35.5. The number of piperidine rings is 1. The molecule has 1 heterocycles. The third-order valence-corrected chi connectivity index (χ3v) is 5.05. The molecule has 1 aliphatic heterocycles. The van der Waals surface area contributed by atoms with Crippen LogP contribution in [0.1, 0.15) is 31.2 Å².